The predicted octanol–water partition coefficient (Wildman–Crippen LogP) is 2.43. The summed E-state index contributed by atoms with van der Waals surface area (Å²) < 4.78 is 0. The van der Waals surface area contributed by atoms with Gasteiger partial charge in [0.05, 0.1) is 0 Å². The second-order valence-electron chi connectivity index (χ2n) is 3.58. The van der Waals surface area contributed by atoms with Crippen LogP contribution in [0.15, 0.2) is 0 Å². The van der Waals surface area contributed by atoms with E-state index < -0.39 is 11.5 Å². The van der Waals surface area contributed by atoms with Gasteiger partial charge in [0.1, 0.15) is 5.54 Å². The van der Waals surface area contributed by atoms with Crippen LogP contribution in [0.5, 0.6) is 0 Å². The highest BCUT2D eigenvalue weighted by atomic mass is 35.5. The average Bonchev–Trinajstić information content (AvgIpc) is 1.99. The molecule has 0 aromatic rings. The van der Waals surface area contributed by atoms with Crippen LogP contribution in [0, 0.1) is 0 Å². The lowest BCUT2D eigenvalue weighted by molar-refractivity contribution is -0.149. The summed E-state index contributed by atoms with van der Waals surface area (Å²) in [6, 6.07) is 0. The second-order valence-corrected chi connectivity index (χ2v) is 3.58. The first kappa shape index (κ1) is 19.6. The molecule has 0 saturated heterocycles. The molecule has 0 radical (unpaired) electrons. The minimum absolute atomic E-state index is 0. The molecule has 14 heavy (non-hydrogen) atoms. The van der Waals surface area contributed by atoms with Crippen molar-refractivity contribution in [3.05, 3.63) is 0 Å². The van der Waals surface area contributed by atoms with E-state index in [1.165, 1.54) is 0 Å². The number of carboxylic acids is 1. The zero-order valence-electron chi connectivity index (χ0n) is 9.24. The molecule has 0 bridgehead atoms. The summed E-state index contributed by atoms with van der Waals surface area (Å²) in [7, 11) is 3.62. The summed E-state index contributed by atoms with van der Waals surface area (Å²) in [5.41, 5.74) is -0.698. The van der Waals surface area contributed by atoms with Gasteiger partial charge in [0.15, 0.2) is 0 Å². The van der Waals surface area contributed by atoms with Crippen molar-refractivity contribution in [3.63, 3.8) is 0 Å². The standard InChI is InChI=1S/C9H19NO2.2ClH/c1-5-6-7-9(2,8(11)12)10(3)4;;/h5-7H2,1-4H3,(H,11,12);2*1H. The summed E-state index contributed by atoms with van der Waals surface area (Å²) in [6.07, 6.45) is 2.71. The molecule has 0 aliphatic rings. The van der Waals surface area contributed by atoms with Crippen LogP contribution < -0.4 is 0 Å². The van der Waals surface area contributed by atoms with E-state index in [0.29, 0.717) is 6.42 Å². The van der Waals surface area contributed by atoms with Crippen molar-refractivity contribution in [1.29, 1.82) is 0 Å². The molecule has 5 heteroatoms. The Labute approximate surface area is 98.7 Å². The fraction of sp³-hybridized carbons (Fsp3) is 0.889. The summed E-state index contributed by atoms with van der Waals surface area (Å²) in [5, 5.41) is 8.99. The molecule has 0 aliphatic heterocycles. The topological polar surface area (TPSA) is 40.5 Å². The maximum Gasteiger partial charge on any atom is 0.323 e. The molecule has 0 saturated carbocycles. The third kappa shape index (κ3) is 5.03. The number of aliphatic carboxylic acids is 1. The lowest BCUT2D eigenvalue weighted by Crippen LogP contribution is -2.48. The molecule has 3 nitrogen and oxygen atoms in total. The first-order chi connectivity index (χ1) is 5.45. The van der Waals surface area contributed by atoms with E-state index in [0.717, 1.165) is 12.8 Å². The third-order valence-corrected chi connectivity index (χ3v) is 2.46. The summed E-state index contributed by atoms with van der Waals surface area (Å²) in [5.74, 6) is -0.735. The monoisotopic (exact) mass is 245 g/mol. The average molecular weight is 246 g/mol. The molecule has 1 N–H and O–H groups in total. The van der Waals surface area contributed by atoms with E-state index in [1.54, 1.807) is 11.8 Å². The number of halogens is 2. The normalized spacial score (nSPS) is 13.8. The van der Waals surface area contributed by atoms with Crippen molar-refractivity contribution < 1.29 is 9.90 Å². The van der Waals surface area contributed by atoms with Gasteiger partial charge >= 0.3 is 5.97 Å². The number of rotatable bonds is 5. The Kier molecular flexibility index (Phi) is 11.6. The molecule has 0 amide bonds. The van der Waals surface area contributed by atoms with Crippen LogP contribution in [-0.2, 0) is 4.79 Å². The number of carboxylic acid groups (broad SMARTS) is 1. The maximum atomic E-state index is 10.9. The van der Waals surface area contributed by atoms with Gasteiger partial charge in [-0.05, 0) is 27.4 Å². The Balaban J connectivity index is -0.000000605. The zero-order valence-corrected chi connectivity index (χ0v) is 10.9. The number of likely N-dealkylation sites (N-methyl/N-ethyl adjacent to an activating group) is 1. The van der Waals surface area contributed by atoms with Gasteiger partial charge in [-0.3, -0.25) is 9.69 Å². The molecule has 0 aromatic carbocycles. The van der Waals surface area contributed by atoms with Crippen LogP contribution in [0.1, 0.15) is 33.1 Å². The first-order valence-corrected chi connectivity index (χ1v) is 4.36. The van der Waals surface area contributed by atoms with E-state index in [1.807, 2.05) is 14.1 Å². The summed E-state index contributed by atoms with van der Waals surface area (Å²) in [6.45, 7) is 3.84. The lowest BCUT2D eigenvalue weighted by Gasteiger charge is -2.31. The van der Waals surface area contributed by atoms with Gasteiger partial charge in [-0.1, -0.05) is 19.8 Å². The molecule has 88 valence electrons. The van der Waals surface area contributed by atoms with Crippen LogP contribution >= 0.6 is 24.8 Å². The van der Waals surface area contributed by atoms with Gasteiger partial charge in [-0.15, -0.1) is 24.8 Å². The molecule has 1 atom stereocenters. The smallest absolute Gasteiger partial charge is 0.323 e. The van der Waals surface area contributed by atoms with E-state index in [9.17, 15) is 4.79 Å². The highest BCUT2D eigenvalue weighted by Crippen LogP contribution is 2.19. The van der Waals surface area contributed by atoms with E-state index in [4.69, 9.17) is 5.11 Å². The molecule has 0 fully saturated rings. The number of unbranched alkanes of at least 4 members (excludes halogenated alkanes) is 1. The Morgan fingerprint density at radius 2 is 1.79 bits per heavy atom. The Morgan fingerprint density at radius 3 is 2.00 bits per heavy atom. The molecule has 0 spiro atoms. The van der Waals surface area contributed by atoms with E-state index in [-0.39, 0.29) is 24.8 Å². The van der Waals surface area contributed by atoms with Crippen LogP contribution in [-0.4, -0.2) is 35.6 Å². The van der Waals surface area contributed by atoms with Crippen molar-refractivity contribution >= 4 is 30.8 Å². The van der Waals surface area contributed by atoms with Crippen LogP contribution in [0.2, 0.25) is 0 Å². The first-order valence-electron chi connectivity index (χ1n) is 4.36. The maximum absolute atomic E-state index is 10.9. The Bertz CT molecular complexity index is 165. The number of hydrogen-bond acceptors (Lipinski definition) is 2. The van der Waals surface area contributed by atoms with Crippen molar-refractivity contribution in [2.24, 2.45) is 0 Å². The van der Waals surface area contributed by atoms with Crippen molar-refractivity contribution in [1.82, 2.24) is 4.90 Å². The molecule has 0 aliphatic carbocycles. The summed E-state index contributed by atoms with van der Waals surface area (Å²) >= 11 is 0. The number of nitrogens with zero attached hydrogens (tertiary/aromatic N) is 1. The third-order valence-electron chi connectivity index (χ3n) is 2.46. The molecule has 0 aromatic heterocycles. The van der Waals surface area contributed by atoms with Gasteiger partial charge < -0.3 is 5.11 Å². The van der Waals surface area contributed by atoms with Crippen molar-refractivity contribution in [3.8, 4) is 0 Å². The zero-order chi connectivity index (χ0) is 9.78. The highest BCUT2D eigenvalue weighted by Gasteiger charge is 2.34. The van der Waals surface area contributed by atoms with Gasteiger partial charge in [-0.2, -0.15) is 0 Å². The van der Waals surface area contributed by atoms with E-state index >= 15 is 0 Å². The second kappa shape index (κ2) is 8.33. The number of carbonyl (C=O) groups is 1. The van der Waals surface area contributed by atoms with Crippen LogP contribution in [0.3, 0.4) is 0 Å². The van der Waals surface area contributed by atoms with Crippen LogP contribution in [0.25, 0.3) is 0 Å². The Morgan fingerprint density at radius 1 is 1.36 bits per heavy atom. The molecule has 0 heterocycles. The minimum Gasteiger partial charge on any atom is -0.480 e. The fourth-order valence-corrected chi connectivity index (χ4v) is 1.04. The highest BCUT2D eigenvalue weighted by molar-refractivity contribution is 5.85. The lowest BCUT2D eigenvalue weighted by atomic mass is 9.94. The Hall–Kier alpha value is 0.01000. The van der Waals surface area contributed by atoms with Crippen molar-refractivity contribution in [2.45, 2.75) is 38.6 Å². The van der Waals surface area contributed by atoms with Gasteiger partial charge in [0.25, 0.3) is 0 Å². The summed E-state index contributed by atoms with van der Waals surface area (Å²) in [4.78, 5) is 12.7. The molecular weight excluding hydrogens is 225 g/mol. The van der Waals surface area contributed by atoms with Gasteiger partial charge in [-0.25, -0.2) is 0 Å². The molecule has 0 rings (SSSR count). The molecular formula is C9H21Cl2NO2. The van der Waals surface area contributed by atoms with Gasteiger partial charge in [0, 0.05) is 0 Å². The molecule has 1 unspecified atom stereocenters. The van der Waals surface area contributed by atoms with Crippen LogP contribution in [0.4, 0.5) is 0 Å². The van der Waals surface area contributed by atoms with E-state index in [2.05, 4.69) is 6.92 Å². The fourth-order valence-electron chi connectivity index (χ4n) is 1.04. The number of hydrogen-bond donors (Lipinski definition) is 1. The SMILES string of the molecule is CCCCC(C)(C(=O)O)N(C)C.Cl.Cl. The van der Waals surface area contributed by atoms with Crippen molar-refractivity contribution in [2.75, 3.05) is 14.1 Å². The van der Waals surface area contributed by atoms with Gasteiger partial charge in [0.2, 0.25) is 0 Å². The minimum atomic E-state index is -0.735. The quantitative estimate of drug-likeness (QED) is 0.809. The largest absolute Gasteiger partial charge is 0.480 e. The predicted molar refractivity (Wildman–Crippen MR) is 63.7 cm³/mol.